The lowest BCUT2D eigenvalue weighted by atomic mass is 9.91. The van der Waals surface area contributed by atoms with Crippen LogP contribution < -0.4 is 0 Å². The second-order valence-electron chi connectivity index (χ2n) is 7.91. The molecule has 0 radical (unpaired) electrons. The molecule has 0 amide bonds. The summed E-state index contributed by atoms with van der Waals surface area (Å²) in [6.07, 6.45) is 12.8. The molecule has 28 heavy (non-hydrogen) atoms. The third kappa shape index (κ3) is 9.72. The first-order valence-corrected chi connectivity index (χ1v) is 10.2. The molecule has 0 aromatic heterocycles. The molecule has 1 atom stereocenters. The number of ether oxygens (including phenoxy) is 2. The Bertz CT molecular complexity index is 662. The second-order valence-corrected chi connectivity index (χ2v) is 7.91. The Morgan fingerprint density at radius 1 is 1.00 bits per heavy atom. The Balaban J connectivity index is 3.28. The number of hydrogen-bond donors (Lipinski definition) is 0. The molecule has 0 fully saturated rings. The maximum Gasteiger partial charge on any atom is 0.303 e. The molecule has 0 bridgehead atoms. The maximum absolute atomic E-state index is 11.7. The molecule has 0 saturated carbocycles. The quantitative estimate of drug-likeness (QED) is 0.448. The molecule has 0 heterocycles. The number of carbonyl (C=O) groups is 2. The minimum atomic E-state index is -0.279. The van der Waals surface area contributed by atoms with Gasteiger partial charge >= 0.3 is 11.9 Å². The van der Waals surface area contributed by atoms with Gasteiger partial charge in [-0.3, -0.25) is 9.59 Å². The highest BCUT2D eigenvalue weighted by molar-refractivity contribution is 5.66. The first-order chi connectivity index (χ1) is 13.2. The van der Waals surface area contributed by atoms with Gasteiger partial charge in [-0.1, -0.05) is 49.3 Å². The minimum absolute atomic E-state index is 0.235. The summed E-state index contributed by atoms with van der Waals surface area (Å²) >= 11 is 0. The van der Waals surface area contributed by atoms with E-state index in [2.05, 4.69) is 39.8 Å². The van der Waals surface area contributed by atoms with E-state index in [9.17, 15) is 9.59 Å². The molecule has 0 N–H and O–H groups in total. The van der Waals surface area contributed by atoms with Crippen LogP contribution >= 0.6 is 0 Å². The van der Waals surface area contributed by atoms with Crippen LogP contribution in [0.1, 0.15) is 73.6 Å². The van der Waals surface area contributed by atoms with Crippen LogP contribution in [0.25, 0.3) is 0 Å². The standard InChI is InChI=1S/C24H36O4/c1-17(2)23-14-13-22(16-27-20(5)25)12-8-10-18(3)9-7-11-19(4)15-24(23)28-21(6)26/h10-11,13-14,17,24H,7-9,12,15-16H2,1-6H3. The van der Waals surface area contributed by atoms with Gasteiger partial charge in [0.05, 0.1) is 0 Å². The fourth-order valence-corrected chi connectivity index (χ4v) is 3.24. The number of carbonyl (C=O) groups excluding carboxylic acids is 2. The molecular weight excluding hydrogens is 352 g/mol. The van der Waals surface area contributed by atoms with Crippen molar-refractivity contribution in [2.45, 2.75) is 79.8 Å². The Morgan fingerprint density at radius 3 is 2.25 bits per heavy atom. The molecule has 0 aromatic rings. The van der Waals surface area contributed by atoms with Crippen LogP contribution in [0, 0.1) is 5.92 Å². The summed E-state index contributed by atoms with van der Waals surface area (Å²) in [6, 6.07) is 0. The predicted molar refractivity (Wildman–Crippen MR) is 114 cm³/mol. The van der Waals surface area contributed by atoms with Crippen LogP contribution in [0.4, 0.5) is 0 Å². The van der Waals surface area contributed by atoms with E-state index >= 15 is 0 Å². The fraction of sp³-hybridized carbons (Fsp3) is 0.583. The Kier molecular flexibility index (Phi) is 10.6. The highest BCUT2D eigenvalue weighted by Crippen LogP contribution is 2.25. The van der Waals surface area contributed by atoms with E-state index in [1.807, 2.05) is 12.2 Å². The molecule has 156 valence electrons. The van der Waals surface area contributed by atoms with Gasteiger partial charge in [0.15, 0.2) is 0 Å². The third-order valence-electron chi connectivity index (χ3n) is 4.82. The van der Waals surface area contributed by atoms with Crippen LogP contribution in [0.5, 0.6) is 0 Å². The van der Waals surface area contributed by atoms with Crippen molar-refractivity contribution in [2.75, 3.05) is 6.61 Å². The van der Waals surface area contributed by atoms with Crippen LogP contribution in [-0.2, 0) is 19.1 Å². The number of hydrogen-bond acceptors (Lipinski definition) is 4. The van der Waals surface area contributed by atoms with E-state index in [1.165, 1.54) is 25.0 Å². The van der Waals surface area contributed by atoms with Crippen molar-refractivity contribution in [3.05, 3.63) is 46.6 Å². The lowest BCUT2D eigenvalue weighted by Gasteiger charge is -2.24. The fourth-order valence-electron chi connectivity index (χ4n) is 3.24. The van der Waals surface area contributed by atoms with Crippen LogP contribution in [0.15, 0.2) is 46.6 Å². The lowest BCUT2D eigenvalue weighted by Crippen LogP contribution is -2.22. The van der Waals surface area contributed by atoms with Crippen molar-refractivity contribution in [3.8, 4) is 0 Å². The molecule has 1 unspecified atom stereocenters. The molecule has 4 nitrogen and oxygen atoms in total. The van der Waals surface area contributed by atoms with E-state index in [4.69, 9.17) is 9.47 Å². The van der Waals surface area contributed by atoms with E-state index < -0.39 is 0 Å². The van der Waals surface area contributed by atoms with Crippen molar-refractivity contribution in [1.82, 2.24) is 0 Å². The molecule has 1 aliphatic rings. The smallest absolute Gasteiger partial charge is 0.303 e. The van der Waals surface area contributed by atoms with Crippen LogP contribution in [0.2, 0.25) is 0 Å². The molecule has 0 aliphatic heterocycles. The number of rotatable bonds is 4. The highest BCUT2D eigenvalue weighted by atomic mass is 16.5. The average molecular weight is 389 g/mol. The predicted octanol–water partition coefficient (Wildman–Crippen LogP) is 5.85. The summed E-state index contributed by atoms with van der Waals surface area (Å²) in [5.74, 6) is -0.314. The Hall–Kier alpha value is -2.10. The van der Waals surface area contributed by atoms with Crippen LogP contribution in [0.3, 0.4) is 0 Å². The molecule has 0 aromatic carbocycles. The van der Waals surface area contributed by atoms with E-state index in [0.717, 1.165) is 36.8 Å². The maximum atomic E-state index is 11.7. The minimum Gasteiger partial charge on any atom is -0.461 e. The summed E-state index contributed by atoms with van der Waals surface area (Å²) < 4.78 is 10.9. The van der Waals surface area contributed by atoms with Gasteiger partial charge in [-0.05, 0) is 56.6 Å². The zero-order chi connectivity index (χ0) is 21.1. The molecule has 0 saturated heterocycles. The molecular formula is C24H36O4. The van der Waals surface area contributed by atoms with Gasteiger partial charge in [-0.25, -0.2) is 0 Å². The third-order valence-corrected chi connectivity index (χ3v) is 4.82. The van der Waals surface area contributed by atoms with E-state index in [-0.39, 0.29) is 24.0 Å². The summed E-state index contributed by atoms with van der Waals surface area (Å²) in [4.78, 5) is 22.9. The molecule has 0 spiro atoms. The van der Waals surface area contributed by atoms with Crippen molar-refractivity contribution in [3.63, 3.8) is 0 Å². The van der Waals surface area contributed by atoms with E-state index in [1.54, 1.807) is 0 Å². The van der Waals surface area contributed by atoms with Gasteiger partial charge < -0.3 is 9.47 Å². The second kappa shape index (κ2) is 12.4. The molecule has 1 rings (SSSR count). The Morgan fingerprint density at radius 2 is 1.64 bits per heavy atom. The van der Waals surface area contributed by atoms with Gasteiger partial charge in [0.2, 0.25) is 0 Å². The summed E-state index contributed by atoms with van der Waals surface area (Å²) in [5, 5.41) is 0. The first kappa shape index (κ1) is 23.9. The van der Waals surface area contributed by atoms with Gasteiger partial charge in [0.1, 0.15) is 12.7 Å². The Labute approximate surface area is 170 Å². The van der Waals surface area contributed by atoms with E-state index in [0.29, 0.717) is 13.0 Å². The largest absolute Gasteiger partial charge is 0.461 e. The summed E-state index contributed by atoms with van der Waals surface area (Å²) in [5.41, 5.74) is 4.73. The lowest BCUT2D eigenvalue weighted by molar-refractivity contribution is -0.145. The molecule has 1 aliphatic carbocycles. The monoisotopic (exact) mass is 388 g/mol. The normalized spacial score (nSPS) is 19.6. The highest BCUT2D eigenvalue weighted by Gasteiger charge is 2.20. The van der Waals surface area contributed by atoms with Crippen molar-refractivity contribution in [1.29, 1.82) is 0 Å². The zero-order valence-electron chi connectivity index (χ0n) is 18.3. The summed E-state index contributed by atoms with van der Waals surface area (Å²) in [7, 11) is 0. The van der Waals surface area contributed by atoms with Crippen molar-refractivity contribution < 1.29 is 19.1 Å². The summed E-state index contributed by atoms with van der Waals surface area (Å²) in [6.45, 7) is 11.6. The number of esters is 2. The number of allylic oxidation sites excluding steroid dienone is 5. The van der Waals surface area contributed by atoms with Crippen molar-refractivity contribution >= 4 is 11.9 Å². The van der Waals surface area contributed by atoms with Gasteiger partial charge in [0.25, 0.3) is 0 Å². The topological polar surface area (TPSA) is 52.6 Å². The van der Waals surface area contributed by atoms with Crippen molar-refractivity contribution in [2.24, 2.45) is 5.92 Å². The zero-order valence-corrected chi connectivity index (χ0v) is 18.3. The first-order valence-electron chi connectivity index (χ1n) is 10.2. The van der Waals surface area contributed by atoms with Crippen LogP contribution in [-0.4, -0.2) is 24.6 Å². The van der Waals surface area contributed by atoms with Gasteiger partial charge in [0, 0.05) is 20.3 Å². The average Bonchev–Trinajstić information content (AvgIpc) is 2.57. The van der Waals surface area contributed by atoms with Gasteiger partial charge in [-0.15, -0.1) is 0 Å². The van der Waals surface area contributed by atoms with Gasteiger partial charge in [-0.2, -0.15) is 0 Å². The SMILES string of the molecule is CC(=O)OCC1=CC=C(C(C)C)C(OC(C)=O)CC(C)=CCCC(C)=CCC1. The molecule has 4 heteroatoms.